The smallest absolute Gasteiger partial charge is 0.307 e. The fraction of sp³-hybridized carbons (Fsp3) is 0.500. The predicted molar refractivity (Wildman–Crippen MR) is 132 cm³/mol. The molecule has 2 aliphatic carbocycles. The highest BCUT2D eigenvalue weighted by atomic mass is 16.5. The fourth-order valence-electron chi connectivity index (χ4n) is 5.23. The molecular formula is C28H35NO5. The van der Waals surface area contributed by atoms with Crippen LogP contribution in [0.2, 0.25) is 0 Å². The van der Waals surface area contributed by atoms with E-state index in [1.807, 2.05) is 43.3 Å². The van der Waals surface area contributed by atoms with Crippen LogP contribution in [0.25, 0.3) is 11.1 Å². The lowest BCUT2D eigenvalue weighted by atomic mass is 9.78. The Hall–Kier alpha value is -2.86. The molecule has 182 valence electrons. The lowest BCUT2D eigenvalue weighted by molar-refractivity contribution is -0.147. The Labute approximate surface area is 201 Å². The summed E-state index contributed by atoms with van der Waals surface area (Å²) in [5, 5.41) is 12.6. The SMILES string of the molecule is CCOc1cccc(-c2ccc(NC(=O)C3CCCC[C@H]3C(=O)O)cc2COC2CCCC2)c1. The normalized spacial score (nSPS) is 20.7. The van der Waals surface area contributed by atoms with E-state index in [-0.39, 0.29) is 12.0 Å². The van der Waals surface area contributed by atoms with Crippen LogP contribution in [0.15, 0.2) is 42.5 Å². The van der Waals surface area contributed by atoms with Gasteiger partial charge in [-0.1, -0.05) is 43.9 Å². The van der Waals surface area contributed by atoms with Gasteiger partial charge >= 0.3 is 5.97 Å². The molecule has 0 aromatic heterocycles. The van der Waals surface area contributed by atoms with Crippen molar-refractivity contribution in [1.29, 1.82) is 0 Å². The van der Waals surface area contributed by atoms with Crippen LogP contribution in [0.5, 0.6) is 5.75 Å². The third-order valence-electron chi connectivity index (χ3n) is 7.03. The third kappa shape index (κ3) is 5.98. The fourth-order valence-corrected chi connectivity index (χ4v) is 5.23. The van der Waals surface area contributed by atoms with E-state index in [2.05, 4.69) is 11.4 Å². The van der Waals surface area contributed by atoms with Gasteiger partial charge in [0.25, 0.3) is 0 Å². The van der Waals surface area contributed by atoms with Crippen LogP contribution in [0.1, 0.15) is 63.9 Å². The number of anilines is 1. The van der Waals surface area contributed by atoms with Gasteiger partial charge in [-0.15, -0.1) is 0 Å². The van der Waals surface area contributed by atoms with Crippen molar-refractivity contribution in [2.24, 2.45) is 11.8 Å². The summed E-state index contributed by atoms with van der Waals surface area (Å²) in [6.07, 6.45) is 7.78. The van der Waals surface area contributed by atoms with E-state index >= 15 is 0 Å². The lowest BCUT2D eigenvalue weighted by Gasteiger charge is -2.27. The van der Waals surface area contributed by atoms with Crippen LogP contribution >= 0.6 is 0 Å². The molecule has 2 N–H and O–H groups in total. The van der Waals surface area contributed by atoms with Crippen LogP contribution < -0.4 is 10.1 Å². The van der Waals surface area contributed by atoms with Gasteiger partial charge in [-0.3, -0.25) is 9.59 Å². The highest BCUT2D eigenvalue weighted by molar-refractivity contribution is 5.95. The maximum atomic E-state index is 13.0. The molecule has 0 heterocycles. The van der Waals surface area contributed by atoms with Crippen LogP contribution in [0, 0.1) is 11.8 Å². The molecule has 0 radical (unpaired) electrons. The maximum Gasteiger partial charge on any atom is 0.307 e. The first-order valence-electron chi connectivity index (χ1n) is 12.6. The van der Waals surface area contributed by atoms with Crippen molar-refractivity contribution in [1.82, 2.24) is 0 Å². The van der Waals surface area contributed by atoms with Crippen LogP contribution in [-0.2, 0) is 20.9 Å². The average Bonchev–Trinajstić information content (AvgIpc) is 3.37. The van der Waals surface area contributed by atoms with E-state index in [1.54, 1.807) is 0 Å². The largest absolute Gasteiger partial charge is 0.494 e. The predicted octanol–water partition coefficient (Wildman–Crippen LogP) is 6.04. The first-order chi connectivity index (χ1) is 16.5. The minimum absolute atomic E-state index is 0.208. The zero-order chi connectivity index (χ0) is 23.9. The van der Waals surface area contributed by atoms with Gasteiger partial charge in [0.2, 0.25) is 5.91 Å². The van der Waals surface area contributed by atoms with Crippen molar-refractivity contribution in [3.63, 3.8) is 0 Å². The van der Waals surface area contributed by atoms with E-state index < -0.39 is 17.8 Å². The zero-order valence-corrected chi connectivity index (χ0v) is 19.9. The molecule has 0 saturated heterocycles. The molecule has 6 heteroatoms. The van der Waals surface area contributed by atoms with Gasteiger partial charge in [-0.25, -0.2) is 0 Å². The van der Waals surface area contributed by atoms with Crippen LogP contribution in [0.4, 0.5) is 5.69 Å². The first kappa shape index (κ1) is 24.3. The molecule has 2 aromatic rings. The molecule has 2 aliphatic rings. The summed E-state index contributed by atoms with van der Waals surface area (Å²) in [5.74, 6) is -1.38. The van der Waals surface area contributed by atoms with Gasteiger partial charge in [0.15, 0.2) is 0 Å². The van der Waals surface area contributed by atoms with Gasteiger partial charge in [0, 0.05) is 5.69 Å². The molecule has 2 saturated carbocycles. The van der Waals surface area contributed by atoms with Crippen LogP contribution in [0.3, 0.4) is 0 Å². The highest BCUT2D eigenvalue weighted by Crippen LogP contribution is 2.34. The Morgan fingerprint density at radius 3 is 2.44 bits per heavy atom. The Morgan fingerprint density at radius 2 is 1.71 bits per heavy atom. The minimum atomic E-state index is -0.880. The highest BCUT2D eigenvalue weighted by Gasteiger charge is 2.35. The summed E-state index contributed by atoms with van der Waals surface area (Å²) in [7, 11) is 0. The van der Waals surface area contributed by atoms with Crippen molar-refractivity contribution < 1.29 is 24.2 Å². The second-order valence-electron chi connectivity index (χ2n) is 9.38. The number of amides is 1. The summed E-state index contributed by atoms with van der Waals surface area (Å²) in [6.45, 7) is 3.03. The van der Waals surface area contributed by atoms with Crippen LogP contribution in [-0.4, -0.2) is 29.7 Å². The van der Waals surface area contributed by atoms with Crippen molar-refractivity contribution in [3.05, 3.63) is 48.0 Å². The second-order valence-corrected chi connectivity index (χ2v) is 9.38. The van der Waals surface area contributed by atoms with E-state index in [4.69, 9.17) is 9.47 Å². The minimum Gasteiger partial charge on any atom is -0.494 e. The molecule has 4 rings (SSSR count). The number of ether oxygens (including phenoxy) is 2. The van der Waals surface area contributed by atoms with Crippen molar-refractivity contribution >= 4 is 17.6 Å². The molecule has 0 aliphatic heterocycles. The van der Waals surface area contributed by atoms with Crippen molar-refractivity contribution in [2.75, 3.05) is 11.9 Å². The monoisotopic (exact) mass is 465 g/mol. The topological polar surface area (TPSA) is 84.9 Å². The molecule has 6 nitrogen and oxygen atoms in total. The molecule has 34 heavy (non-hydrogen) atoms. The number of aliphatic carboxylic acids is 1. The number of hydrogen-bond acceptors (Lipinski definition) is 4. The number of carboxylic acids is 1. The van der Waals surface area contributed by atoms with Gasteiger partial charge in [0.1, 0.15) is 5.75 Å². The average molecular weight is 466 g/mol. The number of rotatable bonds is 9. The molecule has 2 fully saturated rings. The number of nitrogens with one attached hydrogen (secondary N) is 1. The Morgan fingerprint density at radius 1 is 0.971 bits per heavy atom. The number of hydrogen-bond donors (Lipinski definition) is 2. The zero-order valence-electron chi connectivity index (χ0n) is 19.9. The van der Waals surface area contributed by atoms with E-state index in [0.717, 1.165) is 48.1 Å². The summed E-state index contributed by atoms with van der Waals surface area (Å²) >= 11 is 0. The molecule has 2 aromatic carbocycles. The molecule has 1 unspecified atom stereocenters. The summed E-state index contributed by atoms with van der Waals surface area (Å²) in [4.78, 5) is 24.7. The Kier molecular flexibility index (Phi) is 8.22. The number of benzene rings is 2. The number of carbonyl (C=O) groups excluding carboxylic acids is 1. The summed E-state index contributed by atoms with van der Waals surface area (Å²) < 4.78 is 11.9. The molecule has 0 bridgehead atoms. The summed E-state index contributed by atoms with van der Waals surface area (Å²) in [5.41, 5.74) is 3.75. The van der Waals surface area contributed by atoms with Gasteiger partial charge in [0.05, 0.1) is 31.2 Å². The Bertz CT molecular complexity index is 998. The molecule has 1 amide bonds. The van der Waals surface area contributed by atoms with Crippen molar-refractivity contribution in [3.8, 4) is 16.9 Å². The number of carbonyl (C=O) groups is 2. The second kappa shape index (κ2) is 11.5. The quantitative estimate of drug-likeness (QED) is 0.471. The number of carboxylic acid groups (broad SMARTS) is 1. The van der Waals surface area contributed by atoms with E-state index in [0.29, 0.717) is 31.7 Å². The van der Waals surface area contributed by atoms with Gasteiger partial charge in [-0.05, 0) is 73.6 Å². The molecule has 0 spiro atoms. The van der Waals surface area contributed by atoms with Gasteiger partial charge < -0.3 is 19.9 Å². The van der Waals surface area contributed by atoms with Crippen molar-refractivity contribution in [2.45, 2.75) is 71.0 Å². The Balaban J connectivity index is 1.57. The molecule has 2 atom stereocenters. The first-order valence-corrected chi connectivity index (χ1v) is 12.6. The maximum absolute atomic E-state index is 13.0. The standard InChI is InChI=1S/C28H35NO5/c1-2-33-23-11-7-8-19(17-23)24-15-14-21(16-20(24)18-34-22-9-3-4-10-22)29-27(30)25-12-5-6-13-26(25)28(31)32/h7-8,11,14-17,22,25-26H,2-6,9-10,12-13,18H2,1H3,(H,29,30)(H,31,32)/t25?,26-/m1/s1. The third-order valence-corrected chi connectivity index (χ3v) is 7.03. The van der Waals surface area contributed by atoms with E-state index in [9.17, 15) is 14.7 Å². The van der Waals surface area contributed by atoms with E-state index in [1.165, 1.54) is 12.8 Å². The molecular weight excluding hydrogens is 430 g/mol. The summed E-state index contributed by atoms with van der Waals surface area (Å²) in [6, 6.07) is 13.9. The lowest BCUT2D eigenvalue weighted by Crippen LogP contribution is -2.36. The van der Waals surface area contributed by atoms with Gasteiger partial charge in [-0.2, -0.15) is 0 Å².